The zero-order valence-corrected chi connectivity index (χ0v) is 11.3. The Morgan fingerprint density at radius 2 is 2.05 bits per heavy atom. The predicted octanol–water partition coefficient (Wildman–Crippen LogP) is 1.35. The summed E-state index contributed by atoms with van der Waals surface area (Å²) in [4.78, 5) is 21.7. The highest BCUT2D eigenvalue weighted by Crippen LogP contribution is 2.15. The smallest absolute Gasteiger partial charge is 0.412 e. The molecular formula is C11H13NO7S. The monoisotopic (exact) mass is 303 g/mol. The second-order valence-corrected chi connectivity index (χ2v) is 5.19. The van der Waals surface area contributed by atoms with E-state index in [0.717, 1.165) is 12.1 Å². The lowest BCUT2D eigenvalue weighted by molar-refractivity contribution is -0.146. The van der Waals surface area contributed by atoms with Gasteiger partial charge in [-0.25, -0.2) is 9.59 Å². The average molecular weight is 303 g/mol. The molecule has 0 aliphatic carbocycles. The fourth-order valence-electron chi connectivity index (χ4n) is 1.32. The highest BCUT2D eigenvalue weighted by atomic mass is 32.2. The molecule has 0 fully saturated rings. The minimum atomic E-state index is -4.39. The Balaban J connectivity index is 2.79. The molecule has 1 atom stereocenters. The van der Waals surface area contributed by atoms with Gasteiger partial charge in [0.2, 0.25) is 0 Å². The van der Waals surface area contributed by atoms with Gasteiger partial charge >= 0.3 is 12.1 Å². The Morgan fingerprint density at radius 1 is 1.40 bits per heavy atom. The van der Waals surface area contributed by atoms with Crippen LogP contribution in [0, 0.1) is 0 Å². The van der Waals surface area contributed by atoms with Gasteiger partial charge in [0.25, 0.3) is 10.1 Å². The van der Waals surface area contributed by atoms with Crippen LogP contribution in [0.15, 0.2) is 29.2 Å². The molecule has 0 heterocycles. The molecule has 0 saturated heterocycles. The van der Waals surface area contributed by atoms with E-state index in [9.17, 15) is 18.0 Å². The van der Waals surface area contributed by atoms with Crippen LogP contribution in [-0.2, 0) is 19.6 Å². The number of anilines is 1. The number of rotatable bonds is 5. The van der Waals surface area contributed by atoms with Crippen LogP contribution in [0.25, 0.3) is 0 Å². The Bertz CT molecular complexity index is 611. The molecule has 1 rings (SSSR count). The summed E-state index contributed by atoms with van der Waals surface area (Å²) >= 11 is 0. The van der Waals surface area contributed by atoms with Crippen LogP contribution >= 0.6 is 0 Å². The number of hydrogen-bond acceptors (Lipinski definition) is 5. The number of aliphatic carboxylic acids is 1. The van der Waals surface area contributed by atoms with Crippen LogP contribution in [0.1, 0.15) is 13.3 Å². The van der Waals surface area contributed by atoms with Gasteiger partial charge in [0.05, 0.1) is 4.90 Å². The number of benzene rings is 1. The van der Waals surface area contributed by atoms with E-state index in [1.807, 2.05) is 0 Å². The molecule has 3 N–H and O–H groups in total. The zero-order chi connectivity index (χ0) is 15.3. The van der Waals surface area contributed by atoms with Crippen molar-refractivity contribution in [3.05, 3.63) is 24.3 Å². The number of amides is 1. The van der Waals surface area contributed by atoms with Crippen LogP contribution in [-0.4, -0.2) is 36.2 Å². The lowest BCUT2D eigenvalue weighted by Crippen LogP contribution is -2.28. The number of carbonyl (C=O) groups excluding carboxylic acids is 1. The van der Waals surface area contributed by atoms with Gasteiger partial charge in [0, 0.05) is 5.69 Å². The van der Waals surface area contributed by atoms with E-state index >= 15 is 0 Å². The molecule has 0 spiro atoms. The first kappa shape index (κ1) is 15.9. The maximum absolute atomic E-state index is 11.4. The third-order valence-corrected chi connectivity index (χ3v) is 3.12. The molecule has 0 aliphatic heterocycles. The summed E-state index contributed by atoms with van der Waals surface area (Å²) in [6.07, 6.45) is -2.24. The van der Waals surface area contributed by atoms with Gasteiger partial charge in [-0.2, -0.15) is 8.42 Å². The second kappa shape index (κ2) is 6.35. The summed E-state index contributed by atoms with van der Waals surface area (Å²) in [5.74, 6) is -1.28. The molecule has 8 nitrogen and oxygen atoms in total. The molecule has 9 heteroatoms. The number of carboxylic acid groups (broad SMARTS) is 1. The Morgan fingerprint density at radius 3 is 2.55 bits per heavy atom. The van der Waals surface area contributed by atoms with Crippen LogP contribution in [0.4, 0.5) is 10.5 Å². The molecule has 1 aromatic rings. The van der Waals surface area contributed by atoms with Gasteiger partial charge in [-0.3, -0.25) is 9.87 Å². The molecule has 20 heavy (non-hydrogen) atoms. The van der Waals surface area contributed by atoms with E-state index in [0.29, 0.717) is 0 Å². The summed E-state index contributed by atoms with van der Waals surface area (Å²) in [5, 5.41) is 10.9. The van der Waals surface area contributed by atoms with Crippen LogP contribution in [0.5, 0.6) is 0 Å². The van der Waals surface area contributed by atoms with Gasteiger partial charge in [-0.05, 0) is 24.6 Å². The topological polar surface area (TPSA) is 130 Å². The van der Waals surface area contributed by atoms with E-state index < -0.39 is 33.2 Å². The number of ether oxygens (including phenoxy) is 1. The van der Waals surface area contributed by atoms with Crippen molar-refractivity contribution < 1.29 is 32.4 Å². The largest absolute Gasteiger partial charge is 0.479 e. The van der Waals surface area contributed by atoms with Gasteiger partial charge in [0.1, 0.15) is 0 Å². The van der Waals surface area contributed by atoms with Crippen molar-refractivity contribution in [2.75, 3.05) is 5.32 Å². The lowest BCUT2D eigenvalue weighted by Gasteiger charge is -2.12. The first-order valence-electron chi connectivity index (χ1n) is 5.52. The predicted molar refractivity (Wildman–Crippen MR) is 68.1 cm³/mol. The fourth-order valence-corrected chi connectivity index (χ4v) is 1.85. The van der Waals surface area contributed by atoms with E-state index in [4.69, 9.17) is 9.66 Å². The Labute approximate surface area is 115 Å². The van der Waals surface area contributed by atoms with Crippen molar-refractivity contribution in [3.8, 4) is 0 Å². The standard InChI is InChI=1S/C11H13NO7S/c1-2-9(10(13)14)19-11(15)12-7-4-3-5-8(6-7)20(16,17)18/h3-6,9H,2H2,1H3,(H,12,15)(H,13,14)(H,16,17,18). The summed E-state index contributed by atoms with van der Waals surface area (Å²) in [6, 6.07) is 4.81. The van der Waals surface area contributed by atoms with Gasteiger partial charge in [-0.1, -0.05) is 13.0 Å². The number of nitrogens with one attached hydrogen (secondary N) is 1. The SMILES string of the molecule is CCC(OC(=O)Nc1cccc(S(=O)(=O)O)c1)C(=O)O. The molecule has 0 radical (unpaired) electrons. The Kier molecular flexibility index (Phi) is 5.06. The number of hydrogen-bond donors (Lipinski definition) is 3. The van der Waals surface area contributed by atoms with Crippen molar-refractivity contribution in [3.63, 3.8) is 0 Å². The van der Waals surface area contributed by atoms with Crippen molar-refractivity contribution in [2.45, 2.75) is 24.3 Å². The minimum Gasteiger partial charge on any atom is -0.479 e. The molecule has 1 amide bonds. The van der Waals surface area contributed by atoms with Crippen LogP contribution < -0.4 is 5.32 Å². The van der Waals surface area contributed by atoms with Gasteiger partial charge in [0.15, 0.2) is 6.10 Å². The molecule has 0 aliphatic rings. The van der Waals surface area contributed by atoms with Crippen molar-refractivity contribution >= 4 is 27.9 Å². The van der Waals surface area contributed by atoms with Crippen molar-refractivity contribution in [1.82, 2.24) is 0 Å². The highest BCUT2D eigenvalue weighted by molar-refractivity contribution is 7.85. The van der Waals surface area contributed by atoms with E-state index in [1.54, 1.807) is 0 Å². The normalized spacial score (nSPS) is 12.5. The first-order chi connectivity index (χ1) is 9.24. The third kappa shape index (κ3) is 4.52. The minimum absolute atomic E-state index is 0.0466. The number of carbonyl (C=O) groups is 2. The second-order valence-electron chi connectivity index (χ2n) is 3.77. The molecule has 1 aromatic carbocycles. The van der Waals surface area contributed by atoms with Crippen molar-refractivity contribution in [2.24, 2.45) is 0 Å². The average Bonchev–Trinajstić information content (AvgIpc) is 2.34. The van der Waals surface area contributed by atoms with E-state index in [2.05, 4.69) is 10.1 Å². The summed E-state index contributed by atoms with van der Waals surface area (Å²) in [7, 11) is -4.39. The summed E-state index contributed by atoms with van der Waals surface area (Å²) < 4.78 is 35.3. The molecule has 0 bridgehead atoms. The van der Waals surface area contributed by atoms with Crippen LogP contribution in [0.3, 0.4) is 0 Å². The Hall–Kier alpha value is -2.13. The molecule has 110 valence electrons. The fraction of sp³-hybridized carbons (Fsp3) is 0.273. The molecule has 0 aromatic heterocycles. The maximum atomic E-state index is 11.4. The lowest BCUT2D eigenvalue weighted by atomic mass is 10.3. The summed E-state index contributed by atoms with van der Waals surface area (Å²) in [5.41, 5.74) is 0.0466. The summed E-state index contributed by atoms with van der Waals surface area (Å²) in [6.45, 7) is 1.53. The molecule has 1 unspecified atom stereocenters. The zero-order valence-electron chi connectivity index (χ0n) is 10.4. The molecule has 0 saturated carbocycles. The van der Waals surface area contributed by atoms with E-state index in [-0.39, 0.29) is 12.1 Å². The van der Waals surface area contributed by atoms with Gasteiger partial charge < -0.3 is 9.84 Å². The number of carboxylic acids is 1. The highest BCUT2D eigenvalue weighted by Gasteiger charge is 2.20. The third-order valence-electron chi connectivity index (χ3n) is 2.27. The first-order valence-corrected chi connectivity index (χ1v) is 6.96. The van der Waals surface area contributed by atoms with E-state index in [1.165, 1.54) is 19.1 Å². The van der Waals surface area contributed by atoms with Crippen LogP contribution in [0.2, 0.25) is 0 Å². The van der Waals surface area contributed by atoms with Crippen molar-refractivity contribution in [1.29, 1.82) is 0 Å². The van der Waals surface area contributed by atoms with Gasteiger partial charge in [-0.15, -0.1) is 0 Å². The quantitative estimate of drug-likeness (QED) is 0.700. The molecular weight excluding hydrogens is 290 g/mol. The maximum Gasteiger partial charge on any atom is 0.412 e.